The Bertz CT molecular complexity index is 658. The molecule has 0 bridgehead atoms. The number of rotatable bonds is 4. The zero-order chi connectivity index (χ0) is 14.9. The SMILES string of the molecule is CC(Cl)c1nc2cc(F)c(Br)cc2n1CCNC(N)=O. The molecule has 0 spiro atoms. The Balaban J connectivity index is 2.45. The monoisotopic (exact) mass is 362 g/mol. The second-order valence-electron chi connectivity index (χ2n) is 4.28. The van der Waals surface area contributed by atoms with Crippen molar-refractivity contribution in [1.82, 2.24) is 14.9 Å². The van der Waals surface area contributed by atoms with Crippen molar-refractivity contribution in [2.75, 3.05) is 6.54 Å². The minimum absolute atomic E-state index is 0.335. The molecular formula is C12H13BrClFN4O. The van der Waals surface area contributed by atoms with Gasteiger partial charge in [0.1, 0.15) is 11.6 Å². The highest BCUT2D eigenvalue weighted by Crippen LogP contribution is 2.28. The Morgan fingerprint density at radius 2 is 2.35 bits per heavy atom. The van der Waals surface area contributed by atoms with E-state index in [1.54, 1.807) is 13.0 Å². The lowest BCUT2D eigenvalue weighted by molar-refractivity contribution is 0.248. The van der Waals surface area contributed by atoms with E-state index in [0.717, 1.165) is 5.52 Å². The van der Waals surface area contributed by atoms with E-state index in [1.807, 2.05) is 4.57 Å². The van der Waals surface area contributed by atoms with Crippen LogP contribution in [0.4, 0.5) is 9.18 Å². The Kier molecular flexibility index (Phi) is 4.49. The number of carbonyl (C=O) groups excluding carboxylic acids is 1. The summed E-state index contributed by atoms with van der Waals surface area (Å²) in [6, 6.07) is 2.40. The molecule has 0 aliphatic rings. The quantitative estimate of drug-likeness (QED) is 0.820. The number of urea groups is 1. The number of benzene rings is 1. The van der Waals surface area contributed by atoms with Gasteiger partial charge in [-0.05, 0) is 28.9 Å². The van der Waals surface area contributed by atoms with E-state index in [2.05, 4.69) is 26.2 Å². The Labute approximate surface area is 128 Å². The van der Waals surface area contributed by atoms with Crippen molar-refractivity contribution in [3.63, 3.8) is 0 Å². The highest BCUT2D eigenvalue weighted by Gasteiger charge is 2.16. The summed E-state index contributed by atoms with van der Waals surface area (Å²) in [5.74, 6) is 0.233. The minimum atomic E-state index is -0.595. The van der Waals surface area contributed by atoms with Crippen LogP contribution in [-0.2, 0) is 6.54 Å². The number of aromatic nitrogens is 2. The van der Waals surface area contributed by atoms with Crippen molar-refractivity contribution in [2.45, 2.75) is 18.8 Å². The Morgan fingerprint density at radius 1 is 1.65 bits per heavy atom. The topological polar surface area (TPSA) is 72.9 Å². The zero-order valence-corrected chi connectivity index (χ0v) is 13.0. The smallest absolute Gasteiger partial charge is 0.312 e. The lowest BCUT2D eigenvalue weighted by atomic mass is 10.3. The van der Waals surface area contributed by atoms with E-state index in [4.69, 9.17) is 17.3 Å². The van der Waals surface area contributed by atoms with E-state index in [9.17, 15) is 9.18 Å². The lowest BCUT2D eigenvalue weighted by Gasteiger charge is -2.10. The lowest BCUT2D eigenvalue weighted by Crippen LogP contribution is -2.32. The third-order valence-electron chi connectivity index (χ3n) is 2.81. The maximum absolute atomic E-state index is 13.5. The first-order chi connectivity index (χ1) is 9.40. The van der Waals surface area contributed by atoms with Crippen LogP contribution in [0.3, 0.4) is 0 Å². The van der Waals surface area contributed by atoms with Gasteiger partial charge in [0.15, 0.2) is 0 Å². The number of halogens is 3. The molecule has 1 atom stereocenters. The molecule has 0 radical (unpaired) electrons. The third kappa shape index (κ3) is 3.04. The molecule has 1 aromatic carbocycles. The van der Waals surface area contributed by atoms with Crippen LogP contribution in [-0.4, -0.2) is 22.1 Å². The minimum Gasteiger partial charge on any atom is -0.352 e. The molecule has 3 N–H and O–H groups in total. The first-order valence-corrected chi connectivity index (χ1v) is 7.15. The van der Waals surface area contributed by atoms with Gasteiger partial charge in [-0.15, -0.1) is 11.6 Å². The van der Waals surface area contributed by atoms with Crippen LogP contribution >= 0.6 is 27.5 Å². The summed E-state index contributed by atoms with van der Waals surface area (Å²) < 4.78 is 15.7. The number of alkyl halides is 1. The van der Waals surface area contributed by atoms with Crippen molar-refractivity contribution < 1.29 is 9.18 Å². The van der Waals surface area contributed by atoms with E-state index in [0.29, 0.717) is 28.9 Å². The van der Waals surface area contributed by atoms with Crippen molar-refractivity contribution in [2.24, 2.45) is 5.73 Å². The number of imidazole rings is 1. The molecule has 0 aliphatic carbocycles. The fourth-order valence-electron chi connectivity index (χ4n) is 1.97. The number of primary amides is 1. The van der Waals surface area contributed by atoms with Crippen molar-refractivity contribution in [1.29, 1.82) is 0 Å². The molecule has 8 heteroatoms. The molecule has 1 unspecified atom stereocenters. The standard InChI is InChI=1S/C12H13BrClFN4O/c1-6(14)11-18-9-5-8(15)7(13)4-10(9)19(11)3-2-17-12(16)20/h4-6H,2-3H2,1H3,(H3,16,17,20). The summed E-state index contributed by atoms with van der Waals surface area (Å²) in [7, 11) is 0. The maximum Gasteiger partial charge on any atom is 0.312 e. The fraction of sp³-hybridized carbons (Fsp3) is 0.333. The summed E-state index contributed by atoms with van der Waals surface area (Å²) in [5.41, 5.74) is 6.29. The number of nitrogens with two attached hydrogens (primary N) is 1. The van der Waals surface area contributed by atoms with Crippen LogP contribution in [0.15, 0.2) is 16.6 Å². The van der Waals surface area contributed by atoms with Gasteiger partial charge in [0.25, 0.3) is 0 Å². The third-order valence-corrected chi connectivity index (χ3v) is 3.61. The first-order valence-electron chi connectivity index (χ1n) is 5.92. The molecule has 0 saturated heterocycles. The molecule has 0 aliphatic heterocycles. The summed E-state index contributed by atoms with van der Waals surface area (Å²) in [6.07, 6.45) is 0. The summed E-state index contributed by atoms with van der Waals surface area (Å²) >= 11 is 9.25. The van der Waals surface area contributed by atoms with Gasteiger partial charge in [-0.25, -0.2) is 14.2 Å². The van der Waals surface area contributed by atoms with Crippen LogP contribution in [0, 0.1) is 5.82 Å². The molecule has 0 saturated carbocycles. The van der Waals surface area contributed by atoms with E-state index < -0.39 is 6.03 Å². The van der Waals surface area contributed by atoms with Crippen LogP contribution < -0.4 is 11.1 Å². The van der Waals surface area contributed by atoms with Gasteiger partial charge in [-0.1, -0.05) is 0 Å². The van der Waals surface area contributed by atoms with Crippen LogP contribution in [0.2, 0.25) is 0 Å². The number of fused-ring (bicyclic) bond motifs is 1. The molecule has 5 nitrogen and oxygen atoms in total. The molecule has 2 amide bonds. The first kappa shape index (κ1) is 15.1. The van der Waals surface area contributed by atoms with Crippen molar-refractivity contribution in [3.8, 4) is 0 Å². The maximum atomic E-state index is 13.5. The molecule has 108 valence electrons. The summed E-state index contributed by atoms with van der Waals surface area (Å²) in [4.78, 5) is 15.1. The van der Waals surface area contributed by atoms with Gasteiger partial charge < -0.3 is 15.6 Å². The average molecular weight is 364 g/mol. The van der Waals surface area contributed by atoms with Crippen LogP contribution in [0.25, 0.3) is 11.0 Å². The van der Waals surface area contributed by atoms with Crippen molar-refractivity contribution in [3.05, 3.63) is 28.2 Å². The second kappa shape index (κ2) is 5.97. The number of amides is 2. The highest BCUT2D eigenvalue weighted by atomic mass is 79.9. The molecule has 2 aromatic rings. The molecule has 0 fully saturated rings. The van der Waals surface area contributed by atoms with Gasteiger partial charge >= 0.3 is 6.03 Å². The number of nitrogens with zero attached hydrogens (tertiary/aromatic N) is 2. The van der Waals surface area contributed by atoms with Gasteiger partial charge in [0.2, 0.25) is 0 Å². The molecule has 1 heterocycles. The van der Waals surface area contributed by atoms with Gasteiger partial charge in [-0.3, -0.25) is 0 Å². The van der Waals surface area contributed by atoms with Gasteiger partial charge in [-0.2, -0.15) is 0 Å². The predicted octanol–water partition coefficient (Wildman–Crippen LogP) is 2.91. The Hall–Kier alpha value is -1.34. The van der Waals surface area contributed by atoms with Crippen molar-refractivity contribution >= 4 is 44.6 Å². The number of hydrogen-bond donors (Lipinski definition) is 2. The second-order valence-corrected chi connectivity index (χ2v) is 5.79. The average Bonchev–Trinajstić information content (AvgIpc) is 2.68. The zero-order valence-electron chi connectivity index (χ0n) is 10.7. The van der Waals surface area contributed by atoms with E-state index in [-0.39, 0.29) is 11.2 Å². The summed E-state index contributed by atoms with van der Waals surface area (Å²) in [6.45, 7) is 2.57. The van der Waals surface area contributed by atoms with E-state index >= 15 is 0 Å². The number of hydrogen-bond acceptors (Lipinski definition) is 2. The van der Waals surface area contributed by atoms with Gasteiger partial charge in [0, 0.05) is 19.2 Å². The van der Waals surface area contributed by atoms with Crippen LogP contribution in [0.5, 0.6) is 0 Å². The molecule has 1 aromatic heterocycles. The largest absolute Gasteiger partial charge is 0.352 e. The highest BCUT2D eigenvalue weighted by molar-refractivity contribution is 9.10. The number of nitrogens with one attached hydrogen (secondary N) is 1. The molecular weight excluding hydrogens is 351 g/mol. The summed E-state index contributed by atoms with van der Waals surface area (Å²) in [5, 5.41) is 2.17. The van der Waals surface area contributed by atoms with Crippen LogP contribution in [0.1, 0.15) is 18.1 Å². The fourth-order valence-corrected chi connectivity index (χ4v) is 2.47. The normalized spacial score (nSPS) is 12.6. The van der Waals surface area contributed by atoms with Gasteiger partial charge in [0.05, 0.1) is 20.9 Å². The Morgan fingerprint density at radius 3 is 2.95 bits per heavy atom. The predicted molar refractivity (Wildman–Crippen MR) is 79.2 cm³/mol. The number of carbonyl (C=O) groups is 1. The molecule has 2 rings (SSSR count). The van der Waals surface area contributed by atoms with E-state index in [1.165, 1.54) is 6.07 Å². The molecule has 20 heavy (non-hydrogen) atoms.